The molecule has 37 heavy (non-hydrogen) atoms. The molecular weight excluding hydrogens is 482 g/mol. The fraction of sp³-hybridized carbons (Fsp3) is 0.154. The van der Waals surface area contributed by atoms with Crippen LogP contribution in [0.2, 0.25) is 0 Å². The van der Waals surface area contributed by atoms with Gasteiger partial charge in [0.15, 0.2) is 17.2 Å². The number of esters is 1. The van der Waals surface area contributed by atoms with Gasteiger partial charge in [0, 0.05) is 29.3 Å². The molecule has 188 valence electrons. The molecule has 0 radical (unpaired) electrons. The lowest BCUT2D eigenvalue weighted by Crippen LogP contribution is -2.06. The number of aryl methyl sites for hydroxylation is 1. The van der Waals surface area contributed by atoms with E-state index in [4.69, 9.17) is 14.2 Å². The van der Waals surface area contributed by atoms with Gasteiger partial charge in [-0.3, -0.25) is 20.2 Å². The Hall–Kier alpha value is -5.06. The summed E-state index contributed by atoms with van der Waals surface area (Å²) in [5.41, 5.74) is 2.07. The molecule has 0 unspecified atom stereocenters. The molecule has 3 aromatic rings. The van der Waals surface area contributed by atoms with E-state index < -0.39 is 15.8 Å². The molecule has 0 saturated carbocycles. The zero-order valence-electron chi connectivity index (χ0n) is 19.9. The smallest absolute Gasteiger partial charge is 0.363 e. The lowest BCUT2D eigenvalue weighted by Gasteiger charge is -2.13. The van der Waals surface area contributed by atoms with Gasteiger partial charge in [-0.25, -0.2) is 9.79 Å². The number of benzene rings is 3. The zero-order chi connectivity index (χ0) is 26.5. The standard InChI is InChI=1S/C26H21N3O8/c1-3-35-24-14-17(7-10-23(24)36-15-18-5-4-6-20(12-18)28(31)32)13-21-26(30)37-25(27-21)19-8-9-22(29(33)34)16(2)11-19/h4-14H,3,15H2,1-2H3/b21-13-. The largest absolute Gasteiger partial charge is 0.490 e. The molecule has 0 fully saturated rings. The van der Waals surface area contributed by atoms with Gasteiger partial charge in [-0.2, -0.15) is 0 Å². The monoisotopic (exact) mass is 503 g/mol. The molecule has 0 spiro atoms. The Balaban J connectivity index is 1.55. The van der Waals surface area contributed by atoms with E-state index >= 15 is 0 Å². The van der Waals surface area contributed by atoms with Crippen LogP contribution in [0.25, 0.3) is 6.08 Å². The highest BCUT2D eigenvalue weighted by Crippen LogP contribution is 2.31. The number of hydrogen-bond acceptors (Lipinski definition) is 9. The molecule has 0 bridgehead atoms. The summed E-state index contributed by atoms with van der Waals surface area (Å²) in [5, 5.41) is 22.0. The Labute approximate surface area is 210 Å². The quantitative estimate of drug-likeness (QED) is 0.169. The summed E-state index contributed by atoms with van der Waals surface area (Å²) in [4.78, 5) is 37.8. The Morgan fingerprint density at radius 2 is 1.78 bits per heavy atom. The first-order valence-electron chi connectivity index (χ1n) is 11.2. The van der Waals surface area contributed by atoms with E-state index in [2.05, 4.69) is 4.99 Å². The van der Waals surface area contributed by atoms with Crippen molar-refractivity contribution in [2.75, 3.05) is 6.61 Å². The van der Waals surface area contributed by atoms with Crippen LogP contribution in [0.15, 0.2) is 71.4 Å². The van der Waals surface area contributed by atoms with Gasteiger partial charge in [-0.15, -0.1) is 0 Å². The molecule has 0 aliphatic carbocycles. The number of non-ortho nitro benzene ring substituents is 1. The highest BCUT2D eigenvalue weighted by molar-refractivity contribution is 6.13. The van der Waals surface area contributed by atoms with Crippen LogP contribution in [-0.2, 0) is 16.1 Å². The van der Waals surface area contributed by atoms with E-state index in [1.54, 1.807) is 37.3 Å². The summed E-state index contributed by atoms with van der Waals surface area (Å²) in [6, 6.07) is 15.5. The molecule has 0 aromatic heterocycles. The van der Waals surface area contributed by atoms with Crippen LogP contribution in [0, 0.1) is 27.2 Å². The van der Waals surface area contributed by atoms with Gasteiger partial charge < -0.3 is 14.2 Å². The molecule has 1 heterocycles. The highest BCUT2D eigenvalue weighted by Gasteiger charge is 2.25. The summed E-state index contributed by atoms with van der Waals surface area (Å²) in [6.45, 7) is 3.86. The van der Waals surface area contributed by atoms with Crippen molar-refractivity contribution in [3.8, 4) is 11.5 Å². The van der Waals surface area contributed by atoms with Gasteiger partial charge in [0.25, 0.3) is 11.4 Å². The average molecular weight is 503 g/mol. The van der Waals surface area contributed by atoms with Crippen molar-refractivity contribution in [2.24, 2.45) is 4.99 Å². The SMILES string of the molecule is CCOc1cc(/C=C2\N=C(c3ccc([N+](=O)[O-])c(C)c3)OC2=O)ccc1OCc1cccc([N+](=O)[O-])c1. The van der Waals surface area contributed by atoms with Crippen molar-refractivity contribution in [3.63, 3.8) is 0 Å². The summed E-state index contributed by atoms with van der Waals surface area (Å²) in [6.07, 6.45) is 1.53. The minimum atomic E-state index is -0.657. The van der Waals surface area contributed by atoms with Crippen LogP contribution in [0.1, 0.15) is 29.2 Å². The number of carbonyl (C=O) groups is 1. The Morgan fingerprint density at radius 3 is 2.49 bits per heavy atom. The van der Waals surface area contributed by atoms with Gasteiger partial charge in [0.05, 0.1) is 16.5 Å². The average Bonchev–Trinajstić information content (AvgIpc) is 3.23. The number of rotatable bonds is 9. The fourth-order valence-corrected chi connectivity index (χ4v) is 3.61. The van der Waals surface area contributed by atoms with Gasteiger partial charge in [-0.1, -0.05) is 18.2 Å². The third-order valence-corrected chi connectivity index (χ3v) is 5.35. The van der Waals surface area contributed by atoms with E-state index in [1.165, 1.54) is 36.4 Å². The second-order valence-corrected chi connectivity index (χ2v) is 7.95. The first kappa shape index (κ1) is 25.0. The van der Waals surface area contributed by atoms with Gasteiger partial charge in [0.2, 0.25) is 5.90 Å². The molecule has 0 amide bonds. The van der Waals surface area contributed by atoms with Crippen LogP contribution < -0.4 is 9.47 Å². The zero-order valence-corrected chi connectivity index (χ0v) is 19.9. The number of nitrogens with zero attached hydrogens (tertiary/aromatic N) is 3. The maximum Gasteiger partial charge on any atom is 0.363 e. The van der Waals surface area contributed by atoms with Crippen LogP contribution in [0.3, 0.4) is 0 Å². The second kappa shape index (κ2) is 10.7. The van der Waals surface area contributed by atoms with Crippen molar-refractivity contribution in [3.05, 3.63) is 109 Å². The van der Waals surface area contributed by atoms with Crippen LogP contribution in [-0.4, -0.2) is 28.3 Å². The van der Waals surface area contributed by atoms with Crippen LogP contribution >= 0.6 is 0 Å². The number of nitro groups is 2. The number of nitro benzene ring substituents is 2. The predicted octanol–water partition coefficient (Wildman–Crippen LogP) is 5.13. The summed E-state index contributed by atoms with van der Waals surface area (Å²) < 4.78 is 16.8. The third-order valence-electron chi connectivity index (χ3n) is 5.35. The first-order valence-corrected chi connectivity index (χ1v) is 11.2. The van der Waals surface area contributed by atoms with Crippen molar-refractivity contribution in [1.82, 2.24) is 0 Å². The van der Waals surface area contributed by atoms with Crippen molar-refractivity contribution in [1.29, 1.82) is 0 Å². The molecule has 11 heteroatoms. The first-order chi connectivity index (χ1) is 17.7. The summed E-state index contributed by atoms with van der Waals surface area (Å²) in [5.74, 6) is 0.241. The molecule has 3 aromatic carbocycles. The van der Waals surface area contributed by atoms with Gasteiger partial charge in [0.1, 0.15) is 6.61 Å². The Kier molecular flexibility index (Phi) is 7.23. The van der Waals surface area contributed by atoms with Gasteiger partial charge >= 0.3 is 5.97 Å². The van der Waals surface area contributed by atoms with Crippen LogP contribution in [0.5, 0.6) is 11.5 Å². The highest BCUT2D eigenvalue weighted by atomic mass is 16.6. The Bertz CT molecular complexity index is 1460. The fourth-order valence-electron chi connectivity index (χ4n) is 3.61. The van der Waals surface area contributed by atoms with Crippen molar-refractivity contribution >= 4 is 29.3 Å². The summed E-state index contributed by atoms with van der Waals surface area (Å²) in [7, 11) is 0. The minimum Gasteiger partial charge on any atom is -0.490 e. The lowest BCUT2D eigenvalue weighted by atomic mass is 10.1. The number of hydrogen-bond donors (Lipinski definition) is 0. The molecular formula is C26H21N3O8. The molecule has 0 saturated heterocycles. The van der Waals surface area contributed by atoms with Gasteiger partial charge in [-0.05, 0) is 55.3 Å². The minimum absolute atomic E-state index is 0.0274. The predicted molar refractivity (Wildman–Crippen MR) is 133 cm³/mol. The maximum atomic E-state index is 12.4. The summed E-state index contributed by atoms with van der Waals surface area (Å²) >= 11 is 0. The van der Waals surface area contributed by atoms with E-state index in [9.17, 15) is 25.0 Å². The topological polar surface area (TPSA) is 143 Å². The van der Waals surface area contributed by atoms with E-state index in [0.29, 0.717) is 40.4 Å². The van der Waals surface area contributed by atoms with Crippen molar-refractivity contribution in [2.45, 2.75) is 20.5 Å². The molecule has 0 atom stereocenters. The van der Waals surface area contributed by atoms with E-state index in [-0.39, 0.29) is 29.6 Å². The third kappa shape index (κ3) is 5.78. The van der Waals surface area contributed by atoms with Crippen molar-refractivity contribution < 1.29 is 28.9 Å². The van der Waals surface area contributed by atoms with E-state index in [1.807, 2.05) is 6.92 Å². The Morgan fingerprint density at radius 1 is 0.973 bits per heavy atom. The molecule has 1 aliphatic rings. The number of aliphatic imine (C=N–C) groups is 1. The van der Waals surface area contributed by atoms with Crippen LogP contribution in [0.4, 0.5) is 11.4 Å². The second-order valence-electron chi connectivity index (χ2n) is 7.95. The molecule has 11 nitrogen and oxygen atoms in total. The molecule has 0 N–H and O–H groups in total. The number of cyclic esters (lactones) is 1. The number of carbonyl (C=O) groups excluding carboxylic acids is 1. The normalized spacial score (nSPS) is 13.7. The number of ether oxygens (including phenoxy) is 3. The molecule has 4 rings (SSSR count). The van der Waals surface area contributed by atoms with E-state index in [0.717, 1.165) is 0 Å². The molecule has 1 aliphatic heterocycles. The maximum absolute atomic E-state index is 12.4. The lowest BCUT2D eigenvalue weighted by molar-refractivity contribution is -0.385.